The summed E-state index contributed by atoms with van der Waals surface area (Å²) < 4.78 is 0. The third-order valence-corrected chi connectivity index (χ3v) is 7.94. The molecule has 1 aromatic heterocycles. The van der Waals surface area contributed by atoms with E-state index in [4.69, 9.17) is 9.97 Å². The smallest absolute Gasteiger partial charge is 0.225 e. The van der Waals surface area contributed by atoms with E-state index in [2.05, 4.69) is 17.4 Å². The lowest BCUT2D eigenvalue weighted by Gasteiger charge is -2.25. The fourth-order valence-electron chi connectivity index (χ4n) is 6.07. The lowest BCUT2D eigenvalue weighted by molar-refractivity contribution is -0.117. The number of hydrogen-bond acceptors (Lipinski definition) is 4. The molecule has 0 radical (unpaired) electrons. The number of fused-ring (bicyclic) bond motifs is 3. The van der Waals surface area contributed by atoms with Crippen LogP contribution in [0.2, 0.25) is 0 Å². The first-order valence-electron chi connectivity index (χ1n) is 13.1. The Hall–Kier alpha value is -2.27. The van der Waals surface area contributed by atoms with Gasteiger partial charge in [0.25, 0.3) is 0 Å². The SMILES string of the molecule is O=C(CC1CCCCC1)Nc1nc2c(nc1CC1CCCCC1)-c1ccc(CO)cc1CC2. The Labute approximate surface area is 197 Å². The van der Waals surface area contributed by atoms with Crippen LogP contribution >= 0.6 is 0 Å². The number of carbonyl (C=O) groups is 1. The number of amides is 1. The minimum atomic E-state index is 0.0602. The molecule has 5 heteroatoms. The summed E-state index contributed by atoms with van der Waals surface area (Å²) in [6.45, 7) is 0.0602. The molecule has 2 N–H and O–H groups in total. The third kappa shape index (κ3) is 5.29. The molecule has 0 spiro atoms. The zero-order valence-electron chi connectivity index (χ0n) is 19.7. The lowest BCUT2D eigenvalue weighted by Crippen LogP contribution is -2.22. The van der Waals surface area contributed by atoms with Gasteiger partial charge in [0, 0.05) is 12.0 Å². The number of aliphatic hydroxyl groups excluding tert-OH is 1. The molecular weight excluding hydrogens is 410 g/mol. The zero-order valence-corrected chi connectivity index (χ0v) is 19.7. The van der Waals surface area contributed by atoms with Crippen molar-refractivity contribution in [1.82, 2.24) is 9.97 Å². The van der Waals surface area contributed by atoms with Gasteiger partial charge in [0.2, 0.25) is 5.91 Å². The minimum absolute atomic E-state index is 0.0602. The molecule has 5 rings (SSSR count). The highest BCUT2D eigenvalue weighted by molar-refractivity contribution is 5.90. The van der Waals surface area contributed by atoms with Crippen molar-refractivity contribution in [2.75, 3.05) is 5.32 Å². The van der Waals surface area contributed by atoms with Crippen LogP contribution in [0, 0.1) is 11.8 Å². The summed E-state index contributed by atoms with van der Waals surface area (Å²) in [4.78, 5) is 23.1. The molecule has 0 saturated heterocycles. The maximum Gasteiger partial charge on any atom is 0.225 e. The van der Waals surface area contributed by atoms with Crippen LogP contribution in [0.15, 0.2) is 18.2 Å². The average Bonchev–Trinajstić information content (AvgIpc) is 2.85. The van der Waals surface area contributed by atoms with Crippen LogP contribution in [-0.4, -0.2) is 21.0 Å². The number of aromatic nitrogens is 2. The molecule has 5 nitrogen and oxygen atoms in total. The van der Waals surface area contributed by atoms with Gasteiger partial charge in [0.05, 0.1) is 23.7 Å². The fourth-order valence-corrected chi connectivity index (χ4v) is 6.07. The van der Waals surface area contributed by atoms with E-state index < -0.39 is 0 Å². The lowest BCUT2D eigenvalue weighted by atomic mass is 9.85. The van der Waals surface area contributed by atoms with Crippen LogP contribution in [0.4, 0.5) is 5.82 Å². The number of nitrogens with one attached hydrogen (secondary N) is 1. The van der Waals surface area contributed by atoms with E-state index in [9.17, 15) is 9.90 Å². The molecule has 0 unspecified atom stereocenters. The van der Waals surface area contributed by atoms with E-state index in [1.165, 1.54) is 69.8 Å². The number of rotatable bonds is 6. The second-order valence-corrected chi connectivity index (χ2v) is 10.4. The second-order valence-electron chi connectivity index (χ2n) is 10.4. The molecule has 1 aromatic carbocycles. The summed E-state index contributed by atoms with van der Waals surface area (Å²) in [5.41, 5.74) is 6.22. The number of aryl methyl sites for hydroxylation is 2. The molecule has 0 atom stereocenters. The maximum atomic E-state index is 13.0. The summed E-state index contributed by atoms with van der Waals surface area (Å²) in [6, 6.07) is 6.16. The molecule has 33 heavy (non-hydrogen) atoms. The summed E-state index contributed by atoms with van der Waals surface area (Å²) in [5, 5.41) is 12.7. The van der Waals surface area contributed by atoms with Crippen molar-refractivity contribution in [3.63, 3.8) is 0 Å². The van der Waals surface area contributed by atoms with Gasteiger partial charge < -0.3 is 10.4 Å². The summed E-state index contributed by atoms with van der Waals surface area (Å²) in [5.74, 6) is 1.94. The van der Waals surface area contributed by atoms with Crippen molar-refractivity contribution < 1.29 is 9.90 Å². The predicted molar refractivity (Wildman–Crippen MR) is 131 cm³/mol. The highest BCUT2D eigenvalue weighted by atomic mass is 16.3. The standard InChI is InChI=1S/C28H37N3O2/c32-18-21-11-13-23-22(15-21)12-14-24-27(23)29-25(16-19-7-3-1-4-8-19)28(30-24)31-26(33)17-20-9-5-2-6-10-20/h11,13,15,19-20,32H,1-10,12,14,16-18H2,(H,30,31,33). The number of aliphatic hydroxyl groups is 1. The molecule has 3 aliphatic carbocycles. The maximum absolute atomic E-state index is 13.0. The van der Waals surface area contributed by atoms with Gasteiger partial charge in [0.1, 0.15) is 0 Å². The topological polar surface area (TPSA) is 75.1 Å². The first-order valence-corrected chi connectivity index (χ1v) is 13.1. The van der Waals surface area contributed by atoms with E-state index in [1.54, 1.807) is 0 Å². The molecule has 1 heterocycles. The van der Waals surface area contributed by atoms with Crippen molar-refractivity contribution in [3.05, 3.63) is 40.7 Å². The zero-order chi connectivity index (χ0) is 22.6. The van der Waals surface area contributed by atoms with E-state index in [-0.39, 0.29) is 12.5 Å². The van der Waals surface area contributed by atoms with Gasteiger partial charge in [-0.25, -0.2) is 9.97 Å². The first-order chi connectivity index (χ1) is 16.2. The van der Waals surface area contributed by atoms with Gasteiger partial charge in [0.15, 0.2) is 5.82 Å². The molecule has 176 valence electrons. The third-order valence-electron chi connectivity index (χ3n) is 7.94. The average molecular weight is 448 g/mol. The van der Waals surface area contributed by atoms with E-state index >= 15 is 0 Å². The van der Waals surface area contributed by atoms with Gasteiger partial charge in [-0.3, -0.25) is 4.79 Å². The molecule has 2 aromatic rings. The normalized spacial score (nSPS) is 19.1. The highest BCUT2D eigenvalue weighted by Gasteiger charge is 2.25. The van der Waals surface area contributed by atoms with Crippen molar-refractivity contribution in [1.29, 1.82) is 0 Å². The summed E-state index contributed by atoms with van der Waals surface area (Å²) >= 11 is 0. The molecule has 1 amide bonds. The van der Waals surface area contributed by atoms with Crippen molar-refractivity contribution in [3.8, 4) is 11.3 Å². The van der Waals surface area contributed by atoms with E-state index in [0.29, 0.717) is 24.1 Å². The Morgan fingerprint density at radius 3 is 2.39 bits per heavy atom. The van der Waals surface area contributed by atoms with Crippen LogP contribution in [0.5, 0.6) is 0 Å². The minimum Gasteiger partial charge on any atom is -0.392 e. The van der Waals surface area contributed by atoms with Crippen LogP contribution in [0.25, 0.3) is 11.3 Å². The van der Waals surface area contributed by atoms with Crippen molar-refractivity contribution in [2.24, 2.45) is 11.8 Å². The van der Waals surface area contributed by atoms with Crippen molar-refractivity contribution >= 4 is 11.7 Å². The Morgan fingerprint density at radius 1 is 0.939 bits per heavy atom. The number of carbonyl (C=O) groups excluding carboxylic acids is 1. The Morgan fingerprint density at radius 2 is 1.67 bits per heavy atom. The Balaban J connectivity index is 1.43. The predicted octanol–water partition coefficient (Wildman–Crippen LogP) is 5.77. The molecule has 2 fully saturated rings. The largest absolute Gasteiger partial charge is 0.392 e. The Bertz CT molecular complexity index is 991. The summed E-state index contributed by atoms with van der Waals surface area (Å²) in [6.07, 6.45) is 15.8. The quantitative estimate of drug-likeness (QED) is 0.590. The monoisotopic (exact) mass is 447 g/mol. The summed E-state index contributed by atoms with van der Waals surface area (Å²) in [7, 11) is 0. The number of hydrogen-bond donors (Lipinski definition) is 2. The van der Waals surface area contributed by atoms with Crippen molar-refractivity contribution in [2.45, 2.75) is 96.5 Å². The van der Waals surface area contributed by atoms with Gasteiger partial charge in [-0.2, -0.15) is 0 Å². The molecular formula is C28H37N3O2. The van der Waals surface area contributed by atoms with Gasteiger partial charge in [-0.1, -0.05) is 69.6 Å². The van der Waals surface area contributed by atoms with Crippen LogP contribution in [-0.2, 0) is 30.7 Å². The van der Waals surface area contributed by atoms with Crippen LogP contribution in [0.3, 0.4) is 0 Å². The van der Waals surface area contributed by atoms with Gasteiger partial charge in [-0.15, -0.1) is 0 Å². The number of anilines is 1. The molecule has 0 bridgehead atoms. The molecule has 3 aliphatic rings. The molecule has 2 saturated carbocycles. The van der Waals surface area contributed by atoms with Gasteiger partial charge >= 0.3 is 0 Å². The second kappa shape index (κ2) is 10.3. The number of nitrogens with zero attached hydrogens (tertiary/aromatic N) is 2. The van der Waals surface area contributed by atoms with Crippen LogP contribution in [0.1, 0.15) is 93.1 Å². The fraction of sp³-hybridized carbons (Fsp3) is 0.607. The highest BCUT2D eigenvalue weighted by Crippen LogP contribution is 2.35. The molecule has 0 aliphatic heterocycles. The van der Waals surface area contributed by atoms with E-state index in [1.807, 2.05) is 6.07 Å². The van der Waals surface area contributed by atoms with E-state index in [0.717, 1.165) is 47.5 Å². The Kier molecular flexibility index (Phi) is 7.05. The number of benzene rings is 1. The first kappa shape index (κ1) is 22.5. The van der Waals surface area contributed by atoms with Crippen LogP contribution < -0.4 is 5.32 Å². The van der Waals surface area contributed by atoms with Gasteiger partial charge in [-0.05, 0) is 55.1 Å².